The second-order valence-corrected chi connectivity index (χ2v) is 7.29. The maximum atomic E-state index is 4.53. The summed E-state index contributed by atoms with van der Waals surface area (Å²) in [5.41, 5.74) is 3.15. The van der Waals surface area contributed by atoms with Gasteiger partial charge in [-0.25, -0.2) is 9.97 Å². The van der Waals surface area contributed by atoms with E-state index < -0.39 is 0 Å². The van der Waals surface area contributed by atoms with Crippen LogP contribution >= 0.6 is 31.9 Å². The molecule has 0 fully saturated rings. The third-order valence-electron chi connectivity index (χ3n) is 2.79. The summed E-state index contributed by atoms with van der Waals surface area (Å²) in [6.07, 6.45) is 3.49. The Morgan fingerprint density at radius 2 is 1.24 bits per heavy atom. The Labute approximate surface area is 139 Å². The molecular formula is C15H10Br2N4. The van der Waals surface area contributed by atoms with Gasteiger partial charge in [-0.2, -0.15) is 0 Å². The molecular weight excluding hydrogens is 396 g/mol. The minimum atomic E-state index is -0.129. The van der Waals surface area contributed by atoms with Gasteiger partial charge in [-0.05, 0) is 30.3 Å². The normalized spacial score (nSPS) is 10.8. The van der Waals surface area contributed by atoms with Gasteiger partial charge < -0.3 is 0 Å². The van der Waals surface area contributed by atoms with Crippen molar-refractivity contribution in [3.05, 3.63) is 60.7 Å². The highest BCUT2D eigenvalue weighted by atomic mass is 79.9. The first kappa shape index (κ1) is 14.3. The van der Waals surface area contributed by atoms with Gasteiger partial charge in [-0.1, -0.05) is 44.0 Å². The molecule has 0 aliphatic carbocycles. The number of aromatic nitrogens is 4. The van der Waals surface area contributed by atoms with E-state index in [1.807, 2.05) is 42.5 Å². The largest absolute Gasteiger partial charge is 0.255 e. The van der Waals surface area contributed by atoms with Gasteiger partial charge >= 0.3 is 0 Å². The van der Waals surface area contributed by atoms with Crippen LogP contribution in [0.4, 0.5) is 0 Å². The van der Waals surface area contributed by atoms with Crippen molar-refractivity contribution in [3.63, 3.8) is 0 Å². The molecule has 0 saturated heterocycles. The van der Waals surface area contributed by atoms with Crippen LogP contribution in [-0.2, 0) is 0 Å². The highest BCUT2D eigenvalue weighted by Gasteiger charge is 2.13. The van der Waals surface area contributed by atoms with E-state index in [2.05, 4.69) is 51.8 Å². The van der Waals surface area contributed by atoms with Crippen LogP contribution in [0.5, 0.6) is 0 Å². The maximum absolute atomic E-state index is 4.53. The third kappa shape index (κ3) is 3.33. The Hall–Kier alpha value is -1.66. The number of nitrogens with zero attached hydrogens (tertiary/aromatic N) is 4. The Bertz CT molecular complexity index is 675. The molecule has 3 heterocycles. The molecule has 0 aromatic carbocycles. The molecule has 4 nitrogen and oxygen atoms in total. The van der Waals surface area contributed by atoms with Gasteiger partial charge in [-0.15, -0.1) is 0 Å². The molecule has 0 unspecified atom stereocenters. The van der Waals surface area contributed by atoms with Gasteiger partial charge in [0.15, 0.2) is 5.82 Å². The van der Waals surface area contributed by atoms with E-state index in [9.17, 15) is 0 Å². The lowest BCUT2D eigenvalue weighted by Gasteiger charge is -2.08. The average Bonchev–Trinajstić information content (AvgIpc) is 2.56. The van der Waals surface area contributed by atoms with E-state index >= 15 is 0 Å². The number of rotatable bonds is 3. The van der Waals surface area contributed by atoms with Crippen LogP contribution in [0, 0.1) is 0 Å². The molecule has 0 aliphatic rings. The lowest BCUT2D eigenvalue weighted by Crippen LogP contribution is -2.00. The standard InChI is InChI=1S/C15H10Br2N4/c16-14(17)15-20-12(10-5-1-3-7-18-10)9-13(21-15)11-6-2-4-8-19-11/h1-9,14H. The first-order valence-corrected chi connectivity index (χ1v) is 8.07. The number of hydrogen-bond acceptors (Lipinski definition) is 4. The molecule has 6 heteroatoms. The molecule has 0 bridgehead atoms. The summed E-state index contributed by atoms with van der Waals surface area (Å²) in [6, 6.07) is 13.4. The molecule has 0 atom stereocenters. The van der Waals surface area contributed by atoms with E-state index in [1.165, 1.54) is 0 Å². The van der Waals surface area contributed by atoms with Gasteiger partial charge in [0, 0.05) is 12.4 Å². The summed E-state index contributed by atoms with van der Waals surface area (Å²) < 4.78 is -0.129. The van der Waals surface area contributed by atoms with Crippen molar-refractivity contribution < 1.29 is 0 Å². The van der Waals surface area contributed by atoms with Gasteiger partial charge in [-0.3, -0.25) is 9.97 Å². The molecule has 3 rings (SSSR count). The second-order valence-electron chi connectivity index (χ2n) is 4.23. The quantitative estimate of drug-likeness (QED) is 0.606. The van der Waals surface area contributed by atoms with E-state index in [0.717, 1.165) is 22.8 Å². The Kier molecular flexibility index (Phi) is 4.36. The van der Waals surface area contributed by atoms with Crippen LogP contribution < -0.4 is 0 Å². The van der Waals surface area contributed by atoms with Crippen molar-refractivity contribution in [2.75, 3.05) is 0 Å². The van der Waals surface area contributed by atoms with Gasteiger partial charge in [0.2, 0.25) is 0 Å². The monoisotopic (exact) mass is 404 g/mol. The summed E-state index contributed by atoms with van der Waals surface area (Å²) >= 11 is 6.89. The van der Waals surface area contributed by atoms with Crippen LogP contribution in [0.25, 0.3) is 22.8 Å². The minimum Gasteiger partial charge on any atom is -0.255 e. The van der Waals surface area contributed by atoms with E-state index in [-0.39, 0.29) is 3.74 Å². The fourth-order valence-corrected chi connectivity index (χ4v) is 2.26. The predicted molar refractivity (Wildman–Crippen MR) is 89.1 cm³/mol. The topological polar surface area (TPSA) is 51.6 Å². The minimum absolute atomic E-state index is 0.129. The molecule has 0 saturated carbocycles. The first-order valence-electron chi connectivity index (χ1n) is 6.24. The van der Waals surface area contributed by atoms with Gasteiger partial charge in [0.25, 0.3) is 0 Å². The van der Waals surface area contributed by atoms with Gasteiger partial charge in [0.1, 0.15) is 3.74 Å². The maximum Gasteiger partial charge on any atom is 0.154 e. The zero-order chi connectivity index (χ0) is 14.7. The van der Waals surface area contributed by atoms with Crippen LogP contribution in [0.2, 0.25) is 0 Å². The number of hydrogen-bond donors (Lipinski definition) is 0. The molecule has 0 radical (unpaired) electrons. The zero-order valence-corrected chi connectivity index (χ0v) is 14.0. The number of pyridine rings is 2. The van der Waals surface area contributed by atoms with Crippen LogP contribution in [0.3, 0.4) is 0 Å². The predicted octanol–water partition coefficient (Wildman–Crippen LogP) is 4.39. The van der Waals surface area contributed by atoms with Gasteiger partial charge in [0.05, 0.1) is 22.8 Å². The average molecular weight is 406 g/mol. The molecule has 3 aromatic rings. The summed E-state index contributed by atoms with van der Waals surface area (Å²) in [7, 11) is 0. The fourth-order valence-electron chi connectivity index (χ4n) is 1.85. The summed E-state index contributed by atoms with van der Waals surface area (Å²) in [5.74, 6) is 0.638. The number of halogens is 2. The van der Waals surface area contributed by atoms with Crippen molar-refractivity contribution in [2.24, 2.45) is 0 Å². The molecule has 0 aliphatic heterocycles. The highest BCUT2D eigenvalue weighted by Crippen LogP contribution is 2.30. The van der Waals surface area contributed by atoms with Crippen LogP contribution in [0.1, 0.15) is 9.56 Å². The molecule has 104 valence electrons. The van der Waals surface area contributed by atoms with E-state index in [4.69, 9.17) is 0 Å². The van der Waals surface area contributed by atoms with Crippen LogP contribution in [0.15, 0.2) is 54.9 Å². The molecule has 0 spiro atoms. The fraction of sp³-hybridized carbons (Fsp3) is 0.0667. The van der Waals surface area contributed by atoms with Crippen molar-refractivity contribution in [1.29, 1.82) is 0 Å². The SMILES string of the molecule is BrC(Br)c1nc(-c2ccccn2)cc(-c2ccccn2)n1. The zero-order valence-electron chi connectivity index (χ0n) is 10.8. The van der Waals surface area contributed by atoms with Crippen molar-refractivity contribution in [2.45, 2.75) is 3.74 Å². The molecule has 0 N–H and O–H groups in total. The van der Waals surface area contributed by atoms with Crippen molar-refractivity contribution in [3.8, 4) is 22.8 Å². The van der Waals surface area contributed by atoms with Crippen LogP contribution in [-0.4, -0.2) is 19.9 Å². The summed E-state index contributed by atoms with van der Waals surface area (Å²) in [4.78, 5) is 17.8. The van der Waals surface area contributed by atoms with Crippen molar-refractivity contribution in [1.82, 2.24) is 19.9 Å². The molecule has 0 amide bonds. The Morgan fingerprint density at radius 3 is 1.62 bits per heavy atom. The van der Waals surface area contributed by atoms with E-state index in [1.54, 1.807) is 12.4 Å². The molecule has 3 aromatic heterocycles. The van der Waals surface area contributed by atoms with E-state index in [0.29, 0.717) is 5.82 Å². The highest BCUT2D eigenvalue weighted by molar-refractivity contribution is 9.24. The lowest BCUT2D eigenvalue weighted by atomic mass is 10.2. The summed E-state index contributed by atoms with van der Waals surface area (Å²) in [6.45, 7) is 0. The smallest absolute Gasteiger partial charge is 0.154 e. The summed E-state index contributed by atoms with van der Waals surface area (Å²) in [5, 5.41) is 0. The Morgan fingerprint density at radius 1 is 0.714 bits per heavy atom. The number of alkyl halides is 2. The second kappa shape index (κ2) is 6.41. The third-order valence-corrected chi connectivity index (χ3v) is 3.61. The van der Waals surface area contributed by atoms with Crippen molar-refractivity contribution >= 4 is 31.9 Å². The molecule has 21 heavy (non-hydrogen) atoms. The lowest BCUT2D eigenvalue weighted by molar-refractivity contribution is 1.03. The Balaban J connectivity index is 2.16. The first-order chi connectivity index (χ1) is 10.2.